The van der Waals surface area contributed by atoms with Crippen LogP contribution in [-0.2, 0) is 9.59 Å². The SMILES string of the molecule is Cc1ccc(/C=C/C(=O)Nc2ccc3c(c2)OC(C)C(=O)N3CCN(C)C)cc1. The summed E-state index contributed by atoms with van der Waals surface area (Å²) in [6.07, 6.45) is 2.71. The Hall–Kier alpha value is -3.12. The molecular weight excluding hydrogens is 366 g/mol. The number of amides is 2. The van der Waals surface area contributed by atoms with Gasteiger partial charge in [-0.1, -0.05) is 29.8 Å². The number of rotatable bonds is 6. The van der Waals surface area contributed by atoms with Crippen LogP contribution in [0.2, 0.25) is 0 Å². The summed E-state index contributed by atoms with van der Waals surface area (Å²) in [6.45, 7) is 5.09. The van der Waals surface area contributed by atoms with Crippen LogP contribution in [0.1, 0.15) is 18.1 Å². The third kappa shape index (κ3) is 5.23. The first kappa shape index (κ1) is 20.6. The van der Waals surface area contributed by atoms with Crippen molar-refractivity contribution in [1.82, 2.24) is 4.90 Å². The van der Waals surface area contributed by atoms with Gasteiger partial charge in [-0.15, -0.1) is 0 Å². The number of benzene rings is 2. The molecule has 2 aromatic rings. The number of ether oxygens (including phenoxy) is 1. The van der Waals surface area contributed by atoms with Gasteiger partial charge >= 0.3 is 0 Å². The average Bonchev–Trinajstić information content (AvgIpc) is 2.68. The Morgan fingerprint density at radius 1 is 1.21 bits per heavy atom. The lowest BCUT2D eigenvalue weighted by atomic mass is 10.1. The normalized spacial score (nSPS) is 16.1. The number of nitrogens with one attached hydrogen (secondary N) is 1. The van der Waals surface area contributed by atoms with E-state index in [-0.39, 0.29) is 11.8 Å². The molecule has 0 fully saturated rings. The van der Waals surface area contributed by atoms with E-state index in [2.05, 4.69) is 5.32 Å². The second kappa shape index (κ2) is 8.92. The molecule has 2 amide bonds. The Bertz CT molecular complexity index is 919. The summed E-state index contributed by atoms with van der Waals surface area (Å²) in [5.41, 5.74) is 3.48. The Balaban J connectivity index is 1.72. The van der Waals surface area contributed by atoms with E-state index >= 15 is 0 Å². The predicted octanol–water partition coefficient (Wildman–Crippen LogP) is 3.32. The minimum absolute atomic E-state index is 0.0582. The smallest absolute Gasteiger partial charge is 0.267 e. The molecule has 1 aliphatic heterocycles. The molecular formula is C23H27N3O3. The molecule has 152 valence electrons. The van der Waals surface area contributed by atoms with E-state index in [0.717, 1.165) is 17.8 Å². The maximum absolute atomic E-state index is 12.5. The zero-order valence-corrected chi connectivity index (χ0v) is 17.3. The van der Waals surface area contributed by atoms with E-state index in [1.807, 2.05) is 56.3 Å². The highest BCUT2D eigenvalue weighted by Gasteiger charge is 2.31. The molecule has 0 radical (unpaired) electrons. The van der Waals surface area contributed by atoms with E-state index in [1.54, 1.807) is 30.0 Å². The molecule has 3 rings (SSSR count). The first-order chi connectivity index (χ1) is 13.8. The van der Waals surface area contributed by atoms with Crippen molar-refractivity contribution in [2.45, 2.75) is 20.0 Å². The number of fused-ring (bicyclic) bond motifs is 1. The molecule has 0 aliphatic carbocycles. The second-order valence-electron chi connectivity index (χ2n) is 7.47. The van der Waals surface area contributed by atoms with Gasteiger partial charge in [-0.25, -0.2) is 0 Å². The van der Waals surface area contributed by atoms with E-state index < -0.39 is 6.10 Å². The van der Waals surface area contributed by atoms with Gasteiger partial charge in [0, 0.05) is 30.9 Å². The summed E-state index contributed by atoms with van der Waals surface area (Å²) < 4.78 is 5.77. The molecule has 0 aromatic heterocycles. The molecule has 1 atom stereocenters. The minimum atomic E-state index is -0.558. The number of carbonyl (C=O) groups is 2. The van der Waals surface area contributed by atoms with Crippen LogP contribution in [0.4, 0.5) is 11.4 Å². The summed E-state index contributed by atoms with van der Waals surface area (Å²) in [6, 6.07) is 13.3. The van der Waals surface area contributed by atoms with Crippen molar-refractivity contribution in [1.29, 1.82) is 0 Å². The largest absolute Gasteiger partial charge is 0.479 e. The van der Waals surface area contributed by atoms with E-state index in [0.29, 0.717) is 18.0 Å². The fourth-order valence-corrected chi connectivity index (χ4v) is 3.05. The number of anilines is 2. The van der Waals surface area contributed by atoms with Crippen LogP contribution in [-0.4, -0.2) is 50.0 Å². The molecule has 29 heavy (non-hydrogen) atoms. The van der Waals surface area contributed by atoms with Crippen LogP contribution in [0, 0.1) is 6.92 Å². The van der Waals surface area contributed by atoms with Crippen LogP contribution < -0.4 is 15.0 Å². The van der Waals surface area contributed by atoms with Gasteiger partial charge in [0.15, 0.2) is 6.10 Å². The Labute approximate surface area is 171 Å². The van der Waals surface area contributed by atoms with Gasteiger partial charge in [0.05, 0.1) is 5.69 Å². The monoisotopic (exact) mass is 393 g/mol. The van der Waals surface area contributed by atoms with Gasteiger partial charge in [0.2, 0.25) is 5.91 Å². The van der Waals surface area contributed by atoms with Crippen LogP contribution in [0.3, 0.4) is 0 Å². The highest BCUT2D eigenvalue weighted by molar-refractivity contribution is 6.03. The molecule has 1 aliphatic rings. The maximum atomic E-state index is 12.5. The molecule has 6 nitrogen and oxygen atoms in total. The first-order valence-electron chi connectivity index (χ1n) is 9.66. The topological polar surface area (TPSA) is 61.9 Å². The van der Waals surface area contributed by atoms with Crippen molar-refractivity contribution in [3.63, 3.8) is 0 Å². The van der Waals surface area contributed by atoms with Crippen molar-refractivity contribution in [2.24, 2.45) is 0 Å². The van der Waals surface area contributed by atoms with E-state index in [9.17, 15) is 9.59 Å². The molecule has 1 N–H and O–H groups in total. The lowest BCUT2D eigenvalue weighted by molar-refractivity contribution is -0.125. The van der Waals surface area contributed by atoms with Crippen LogP contribution in [0.5, 0.6) is 5.75 Å². The fourth-order valence-electron chi connectivity index (χ4n) is 3.05. The van der Waals surface area contributed by atoms with Gasteiger partial charge in [-0.2, -0.15) is 0 Å². The van der Waals surface area contributed by atoms with Gasteiger partial charge in [-0.05, 0) is 51.7 Å². The fraction of sp³-hybridized carbons (Fsp3) is 0.304. The summed E-state index contributed by atoms with van der Waals surface area (Å²) in [5.74, 6) is 0.309. The quantitative estimate of drug-likeness (QED) is 0.765. The summed E-state index contributed by atoms with van der Waals surface area (Å²) in [7, 11) is 3.94. The number of hydrogen-bond donors (Lipinski definition) is 1. The molecule has 2 aromatic carbocycles. The Kier molecular flexibility index (Phi) is 6.34. The Morgan fingerprint density at radius 2 is 1.93 bits per heavy atom. The molecule has 0 saturated heterocycles. The van der Waals surface area contributed by atoms with Crippen LogP contribution in [0.25, 0.3) is 6.08 Å². The summed E-state index contributed by atoms with van der Waals surface area (Å²) in [5, 5.41) is 2.85. The highest BCUT2D eigenvalue weighted by atomic mass is 16.5. The lowest BCUT2D eigenvalue weighted by Crippen LogP contribution is -2.46. The second-order valence-corrected chi connectivity index (χ2v) is 7.47. The number of hydrogen-bond acceptors (Lipinski definition) is 4. The van der Waals surface area contributed by atoms with Crippen molar-refractivity contribution in [3.05, 3.63) is 59.7 Å². The summed E-state index contributed by atoms with van der Waals surface area (Å²) >= 11 is 0. The molecule has 0 spiro atoms. The lowest BCUT2D eigenvalue weighted by Gasteiger charge is -2.34. The van der Waals surface area contributed by atoms with Gasteiger partial charge < -0.3 is 19.9 Å². The van der Waals surface area contributed by atoms with E-state index in [4.69, 9.17) is 4.74 Å². The molecule has 1 heterocycles. The predicted molar refractivity (Wildman–Crippen MR) is 116 cm³/mol. The number of likely N-dealkylation sites (N-methyl/N-ethyl adjacent to an activating group) is 1. The molecule has 0 bridgehead atoms. The van der Waals surface area contributed by atoms with Crippen molar-refractivity contribution in [2.75, 3.05) is 37.4 Å². The number of carbonyl (C=O) groups excluding carboxylic acids is 2. The maximum Gasteiger partial charge on any atom is 0.267 e. The zero-order chi connectivity index (χ0) is 21.0. The molecule has 0 saturated carbocycles. The average molecular weight is 393 g/mol. The zero-order valence-electron chi connectivity index (χ0n) is 17.3. The third-order valence-electron chi connectivity index (χ3n) is 4.71. The first-order valence-corrected chi connectivity index (χ1v) is 9.66. The van der Waals surface area contributed by atoms with Crippen molar-refractivity contribution in [3.8, 4) is 5.75 Å². The number of aryl methyl sites for hydroxylation is 1. The van der Waals surface area contributed by atoms with Gasteiger partial charge in [0.25, 0.3) is 5.91 Å². The van der Waals surface area contributed by atoms with Crippen molar-refractivity contribution < 1.29 is 14.3 Å². The summed E-state index contributed by atoms with van der Waals surface area (Å²) in [4.78, 5) is 28.6. The Morgan fingerprint density at radius 3 is 2.62 bits per heavy atom. The van der Waals surface area contributed by atoms with Crippen molar-refractivity contribution >= 4 is 29.3 Å². The molecule has 6 heteroatoms. The number of nitrogens with zero attached hydrogens (tertiary/aromatic N) is 2. The minimum Gasteiger partial charge on any atom is -0.479 e. The van der Waals surface area contributed by atoms with Gasteiger partial charge in [0.1, 0.15) is 5.75 Å². The van der Waals surface area contributed by atoms with E-state index in [1.165, 1.54) is 11.6 Å². The van der Waals surface area contributed by atoms with Gasteiger partial charge in [-0.3, -0.25) is 9.59 Å². The third-order valence-corrected chi connectivity index (χ3v) is 4.71. The van der Waals surface area contributed by atoms with Crippen LogP contribution in [0.15, 0.2) is 48.5 Å². The standard InChI is InChI=1S/C23H27N3O3/c1-16-5-7-18(8-6-16)9-12-22(27)24-19-10-11-20-21(15-19)29-17(2)23(28)26(20)14-13-25(3)4/h5-12,15,17H,13-14H2,1-4H3,(H,24,27)/b12-9+. The van der Waals surface area contributed by atoms with Crippen LogP contribution >= 0.6 is 0 Å². The highest BCUT2D eigenvalue weighted by Crippen LogP contribution is 2.36. The molecule has 1 unspecified atom stereocenters.